The van der Waals surface area contributed by atoms with Gasteiger partial charge >= 0.3 is 0 Å². The van der Waals surface area contributed by atoms with Crippen molar-refractivity contribution >= 4 is 15.7 Å². The van der Waals surface area contributed by atoms with Crippen molar-refractivity contribution in [3.8, 4) is 0 Å². The van der Waals surface area contributed by atoms with Gasteiger partial charge in [-0.3, -0.25) is 4.72 Å². The second kappa shape index (κ2) is 8.98. The van der Waals surface area contributed by atoms with E-state index in [1.807, 2.05) is 27.7 Å². The van der Waals surface area contributed by atoms with Gasteiger partial charge in [0.15, 0.2) is 0 Å². The van der Waals surface area contributed by atoms with Crippen LogP contribution in [-0.2, 0) is 10.0 Å². The number of hydrogen-bond donors (Lipinski definition) is 1. The van der Waals surface area contributed by atoms with Crippen LogP contribution in [0, 0.1) is 12.7 Å². The molecule has 0 saturated carbocycles. The summed E-state index contributed by atoms with van der Waals surface area (Å²) in [6.07, 6.45) is 1.05. The Kier molecular flexibility index (Phi) is 9.66. The van der Waals surface area contributed by atoms with Gasteiger partial charge in [-0.25, -0.2) is 12.8 Å². The molecule has 17 heavy (non-hydrogen) atoms. The third kappa shape index (κ3) is 8.68. The standard InChI is InChI=1S/C8H10FNO2S.2C2H6/c1-6-5-7(3-4-8(6)9)10-13(2,11)12;2*1-2/h3-5,10H,1-2H3;2*1-2H3. The van der Waals surface area contributed by atoms with Crippen LogP contribution in [-0.4, -0.2) is 14.7 Å². The summed E-state index contributed by atoms with van der Waals surface area (Å²) in [5.41, 5.74) is 0.787. The molecule has 1 N–H and O–H groups in total. The summed E-state index contributed by atoms with van der Waals surface area (Å²) >= 11 is 0. The summed E-state index contributed by atoms with van der Waals surface area (Å²) < 4.78 is 36.6. The maximum Gasteiger partial charge on any atom is 0.229 e. The number of sulfonamides is 1. The fourth-order valence-corrected chi connectivity index (χ4v) is 1.48. The molecule has 0 saturated heterocycles. The van der Waals surface area contributed by atoms with Gasteiger partial charge in [0.2, 0.25) is 10.0 Å². The molecule has 1 aromatic rings. The first-order valence-corrected chi connectivity index (χ1v) is 7.51. The van der Waals surface area contributed by atoms with Gasteiger partial charge in [0.25, 0.3) is 0 Å². The molecule has 0 heterocycles. The molecule has 0 amide bonds. The van der Waals surface area contributed by atoms with Crippen molar-refractivity contribution < 1.29 is 12.8 Å². The number of aryl methyl sites for hydroxylation is 1. The average molecular weight is 263 g/mol. The van der Waals surface area contributed by atoms with Crippen LogP contribution in [0.4, 0.5) is 10.1 Å². The van der Waals surface area contributed by atoms with Crippen LogP contribution in [0.3, 0.4) is 0 Å². The van der Waals surface area contributed by atoms with Crippen molar-refractivity contribution in [3.05, 3.63) is 29.6 Å². The zero-order chi connectivity index (χ0) is 14.1. The molecule has 0 fully saturated rings. The number of nitrogens with one attached hydrogen (secondary N) is 1. The Labute approximate surface area is 104 Å². The molecule has 0 bridgehead atoms. The summed E-state index contributed by atoms with van der Waals surface area (Å²) in [7, 11) is -3.28. The normalized spacial score (nSPS) is 9.35. The second-order valence-electron chi connectivity index (χ2n) is 2.84. The van der Waals surface area contributed by atoms with E-state index in [4.69, 9.17) is 0 Å². The largest absolute Gasteiger partial charge is 0.284 e. The molecule has 0 aliphatic heterocycles. The molecule has 0 aliphatic rings. The molecule has 3 nitrogen and oxygen atoms in total. The molecule has 0 aliphatic carbocycles. The summed E-state index contributed by atoms with van der Waals surface area (Å²) in [5, 5.41) is 0. The van der Waals surface area contributed by atoms with Crippen LogP contribution in [0.2, 0.25) is 0 Å². The van der Waals surface area contributed by atoms with Gasteiger partial charge in [0.05, 0.1) is 6.26 Å². The highest BCUT2D eigenvalue weighted by Gasteiger charge is 2.03. The van der Waals surface area contributed by atoms with Gasteiger partial charge in [-0.2, -0.15) is 0 Å². The van der Waals surface area contributed by atoms with Crippen molar-refractivity contribution in [1.82, 2.24) is 0 Å². The minimum atomic E-state index is -3.28. The fourth-order valence-electron chi connectivity index (χ4n) is 0.922. The highest BCUT2D eigenvalue weighted by atomic mass is 32.2. The summed E-state index contributed by atoms with van der Waals surface area (Å²) in [6, 6.07) is 4.04. The van der Waals surface area contributed by atoms with E-state index >= 15 is 0 Å². The van der Waals surface area contributed by atoms with Crippen LogP contribution in [0.15, 0.2) is 18.2 Å². The smallest absolute Gasteiger partial charge is 0.229 e. The van der Waals surface area contributed by atoms with Crippen LogP contribution in [0.25, 0.3) is 0 Å². The zero-order valence-electron chi connectivity index (χ0n) is 11.3. The maximum atomic E-state index is 12.8. The van der Waals surface area contributed by atoms with Crippen molar-refractivity contribution in [2.45, 2.75) is 34.6 Å². The quantitative estimate of drug-likeness (QED) is 0.886. The van der Waals surface area contributed by atoms with E-state index in [2.05, 4.69) is 4.72 Å². The minimum Gasteiger partial charge on any atom is -0.284 e. The average Bonchev–Trinajstić information content (AvgIpc) is 2.27. The predicted molar refractivity (Wildman–Crippen MR) is 72.3 cm³/mol. The van der Waals surface area contributed by atoms with Gasteiger partial charge in [-0.15, -0.1) is 0 Å². The Morgan fingerprint density at radius 3 is 1.94 bits per heavy atom. The van der Waals surface area contributed by atoms with Gasteiger partial charge in [-0.1, -0.05) is 27.7 Å². The monoisotopic (exact) mass is 263 g/mol. The van der Waals surface area contributed by atoms with Crippen LogP contribution >= 0.6 is 0 Å². The number of anilines is 1. The lowest BCUT2D eigenvalue weighted by atomic mass is 10.2. The second-order valence-corrected chi connectivity index (χ2v) is 4.59. The van der Waals surface area contributed by atoms with Crippen molar-refractivity contribution in [3.63, 3.8) is 0 Å². The Morgan fingerprint density at radius 1 is 1.12 bits per heavy atom. The fraction of sp³-hybridized carbons (Fsp3) is 0.500. The zero-order valence-corrected chi connectivity index (χ0v) is 12.2. The summed E-state index contributed by atoms with van der Waals surface area (Å²) in [6.45, 7) is 9.57. The van der Waals surface area contributed by atoms with E-state index in [0.29, 0.717) is 11.3 Å². The van der Waals surface area contributed by atoms with E-state index < -0.39 is 10.0 Å². The topological polar surface area (TPSA) is 46.2 Å². The maximum absolute atomic E-state index is 12.8. The molecular weight excluding hydrogens is 241 g/mol. The molecule has 1 rings (SSSR count). The van der Waals surface area contributed by atoms with Crippen LogP contribution < -0.4 is 4.72 Å². The highest BCUT2D eigenvalue weighted by molar-refractivity contribution is 7.92. The summed E-state index contributed by atoms with van der Waals surface area (Å²) in [5.74, 6) is -0.348. The first kappa shape index (κ1) is 18.3. The number of halogens is 1. The third-order valence-corrected chi connectivity index (χ3v) is 2.07. The first-order valence-electron chi connectivity index (χ1n) is 5.62. The Morgan fingerprint density at radius 2 is 1.59 bits per heavy atom. The predicted octanol–water partition coefficient (Wildman–Crippen LogP) is 3.56. The van der Waals surface area contributed by atoms with E-state index in [9.17, 15) is 12.8 Å². The molecule has 100 valence electrons. The van der Waals surface area contributed by atoms with Crippen molar-refractivity contribution in [1.29, 1.82) is 0 Å². The Balaban J connectivity index is 0. The number of hydrogen-bond acceptors (Lipinski definition) is 2. The SMILES string of the molecule is CC.CC.Cc1cc(NS(C)(=O)=O)ccc1F. The number of rotatable bonds is 2. The van der Waals surface area contributed by atoms with Gasteiger partial charge in [0.1, 0.15) is 5.82 Å². The molecule has 5 heteroatoms. The van der Waals surface area contributed by atoms with Gasteiger partial charge in [0, 0.05) is 5.69 Å². The van der Waals surface area contributed by atoms with Crippen molar-refractivity contribution in [2.75, 3.05) is 11.0 Å². The van der Waals surface area contributed by atoms with Gasteiger partial charge < -0.3 is 0 Å². The Hall–Kier alpha value is -1.10. The third-order valence-electron chi connectivity index (χ3n) is 1.46. The molecule has 0 unspecified atom stereocenters. The molecule has 0 radical (unpaired) electrons. The van der Waals surface area contributed by atoms with E-state index in [1.54, 1.807) is 6.92 Å². The van der Waals surface area contributed by atoms with E-state index in [1.165, 1.54) is 18.2 Å². The van der Waals surface area contributed by atoms with Crippen LogP contribution in [0.5, 0.6) is 0 Å². The van der Waals surface area contributed by atoms with Crippen LogP contribution in [0.1, 0.15) is 33.3 Å². The van der Waals surface area contributed by atoms with Crippen molar-refractivity contribution in [2.24, 2.45) is 0 Å². The molecular formula is C12H22FNO2S. The lowest BCUT2D eigenvalue weighted by molar-refractivity contribution is 0.606. The molecule has 0 atom stereocenters. The molecule has 1 aromatic carbocycles. The lowest BCUT2D eigenvalue weighted by Crippen LogP contribution is -2.09. The van der Waals surface area contributed by atoms with E-state index in [0.717, 1.165) is 6.26 Å². The van der Waals surface area contributed by atoms with E-state index in [-0.39, 0.29) is 5.82 Å². The first-order chi connectivity index (χ1) is 7.88. The lowest BCUT2D eigenvalue weighted by Gasteiger charge is -2.04. The molecule has 0 aromatic heterocycles. The van der Waals surface area contributed by atoms with Gasteiger partial charge in [-0.05, 0) is 30.7 Å². The Bertz CT molecular complexity index is 417. The summed E-state index contributed by atoms with van der Waals surface area (Å²) in [4.78, 5) is 0. The number of benzene rings is 1. The highest BCUT2D eigenvalue weighted by Crippen LogP contribution is 2.14. The molecule has 0 spiro atoms. The minimum absolute atomic E-state index is 0.348.